The summed E-state index contributed by atoms with van der Waals surface area (Å²) in [6, 6.07) is 8.57. The normalized spacial score (nSPS) is 18.2. The third-order valence-corrected chi connectivity index (χ3v) is 4.76. The Morgan fingerprint density at radius 1 is 1.40 bits per heavy atom. The van der Waals surface area contributed by atoms with Gasteiger partial charge in [0.2, 0.25) is 5.91 Å². The summed E-state index contributed by atoms with van der Waals surface area (Å²) in [4.78, 5) is 14.6. The van der Waals surface area contributed by atoms with Crippen molar-refractivity contribution in [2.75, 3.05) is 18.4 Å². The molecule has 1 amide bonds. The van der Waals surface area contributed by atoms with E-state index in [1.807, 2.05) is 0 Å². The van der Waals surface area contributed by atoms with Gasteiger partial charge in [0.25, 0.3) is 0 Å². The van der Waals surface area contributed by atoms with Crippen LogP contribution >= 0.6 is 0 Å². The SMILES string of the molecule is C[C@H]1CCCCN1CCCC(=O)Nc1cc(-c2cccc(F)c2)n[nH]1. The van der Waals surface area contributed by atoms with Crippen LogP contribution in [-0.2, 0) is 4.79 Å². The molecule has 1 aromatic carbocycles. The molecule has 25 heavy (non-hydrogen) atoms. The summed E-state index contributed by atoms with van der Waals surface area (Å²) in [5.74, 6) is 0.202. The molecule has 1 aliphatic rings. The van der Waals surface area contributed by atoms with Crippen LogP contribution < -0.4 is 5.32 Å². The molecule has 0 spiro atoms. The summed E-state index contributed by atoms with van der Waals surface area (Å²) in [7, 11) is 0. The monoisotopic (exact) mass is 344 g/mol. The largest absolute Gasteiger partial charge is 0.311 e. The van der Waals surface area contributed by atoms with Crippen molar-refractivity contribution in [2.24, 2.45) is 0 Å². The molecule has 5 nitrogen and oxygen atoms in total. The summed E-state index contributed by atoms with van der Waals surface area (Å²) in [5, 5.41) is 9.74. The van der Waals surface area contributed by atoms with Gasteiger partial charge < -0.3 is 10.2 Å². The number of carbonyl (C=O) groups excluding carboxylic acids is 1. The number of carbonyl (C=O) groups is 1. The average Bonchev–Trinajstić information content (AvgIpc) is 3.05. The van der Waals surface area contributed by atoms with Crippen LogP contribution in [0.1, 0.15) is 39.0 Å². The van der Waals surface area contributed by atoms with Crippen molar-refractivity contribution in [3.63, 3.8) is 0 Å². The minimum atomic E-state index is -0.307. The van der Waals surface area contributed by atoms with Gasteiger partial charge in [0.1, 0.15) is 11.6 Å². The average molecular weight is 344 g/mol. The van der Waals surface area contributed by atoms with E-state index < -0.39 is 0 Å². The van der Waals surface area contributed by atoms with Crippen LogP contribution in [0.25, 0.3) is 11.3 Å². The molecule has 0 unspecified atom stereocenters. The maximum atomic E-state index is 13.3. The zero-order chi connectivity index (χ0) is 17.6. The van der Waals surface area contributed by atoms with Gasteiger partial charge >= 0.3 is 0 Å². The van der Waals surface area contributed by atoms with Crippen molar-refractivity contribution >= 4 is 11.7 Å². The Kier molecular flexibility index (Phi) is 5.81. The van der Waals surface area contributed by atoms with Crippen LogP contribution in [0.3, 0.4) is 0 Å². The first-order chi connectivity index (χ1) is 12.1. The highest BCUT2D eigenvalue weighted by atomic mass is 19.1. The predicted molar refractivity (Wildman–Crippen MR) is 96.7 cm³/mol. The van der Waals surface area contributed by atoms with Gasteiger partial charge in [-0.05, 0) is 51.4 Å². The third-order valence-electron chi connectivity index (χ3n) is 4.76. The number of aromatic nitrogens is 2. The molecule has 134 valence electrons. The molecule has 0 aliphatic carbocycles. The number of amides is 1. The number of H-pyrrole nitrogens is 1. The van der Waals surface area contributed by atoms with E-state index in [4.69, 9.17) is 0 Å². The number of hydrogen-bond acceptors (Lipinski definition) is 3. The maximum absolute atomic E-state index is 13.3. The highest BCUT2D eigenvalue weighted by Gasteiger charge is 2.17. The van der Waals surface area contributed by atoms with Crippen molar-refractivity contribution in [1.82, 2.24) is 15.1 Å². The van der Waals surface area contributed by atoms with E-state index >= 15 is 0 Å². The highest BCUT2D eigenvalue weighted by Crippen LogP contribution is 2.21. The number of aromatic amines is 1. The van der Waals surface area contributed by atoms with Crippen LogP contribution in [-0.4, -0.2) is 40.1 Å². The van der Waals surface area contributed by atoms with Crippen LogP contribution in [0.4, 0.5) is 10.2 Å². The van der Waals surface area contributed by atoms with E-state index in [0.717, 1.165) is 19.5 Å². The van der Waals surface area contributed by atoms with Gasteiger partial charge in [-0.15, -0.1) is 0 Å². The van der Waals surface area contributed by atoms with E-state index in [1.165, 1.54) is 31.4 Å². The number of benzene rings is 1. The van der Waals surface area contributed by atoms with E-state index in [2.05, 4.69) is 27.3 Å². The van der Waals surface area contributed by atoms with E-state index in [0.29, 0.717) is 29.5 Å². The molecule has 6 heteroatoms. The molecule has 1 aromatic heterocycles. The fourth-order valence-corrected chi connectivity index (χ4v) is 3.33. The molecule has 2 aromatic rings. The molecule has 1 fully saturated rings. The number of halogens is 1. The van der Waals surface area contributed by atoms with Crippen molar-refractivity contribution in [3.05, 3.63) is 36.1 Å². The Hall–Kier alpha value is -2.21. The number of hydrogen-bond donors (Lipinski definition) is 2. The Labute approximate surface area is 147 Å². The Bertz CT molecular complexity index is 715. The first kappa shape index (κ1) is 17.6. The predicted octanol–water partition coefficient (Wildman–Crippen LogP) is 3.81. The van der Waals surface area contributed by atoms with Crippen molar-refractivity contribution in [2.45, 2.75) is 45.1 Å². The molecular weight excluding hydrogens is 319 g/mol. The number of nitrogens with one attached hydrogen (secondary N) is 2. The number of rotatable bonds is 6. The third kappa shape index (κ3) is 4.89. The minimum absolute atomic E-state index is 0.0286. The van der Waals surface area contributed by atoms with Gasteiger partial charge in [0, 0.05) is 24.1 Å². The summed E-state index contributed by atoms with van der Waals surface area (Å²) in [6.07, 6.45) is 5.15. The van der Waals surface area contributed by atoms with Crippen molar-refractivity contribution in [3.8, 4) is 11.3 Å². The van der Waals surface area contributed by atoms with Gasteiger partial charge in [0.05, 0.1) is 5.69 Å². The minimum Gasteiger partial charge on any atom is -0.311 e. The zero-order valence-electron chi connectivity index (χ0n) is 14.6. The summed E-state index contributed by atoms with van der Waals surface area (Å²) in [6.45, 7) is 4.37. The zero-order valence-corrected chi connectivity index (χ0v) is 14.6. The van der Waals surface area contributed by atoms with Gasteiger partial charge in [0.15, 0.2) is 0 Å². The topological polar surface area (TPSA) is 61.0 Å². The molecule has 2 N–H and O–H groups in total. The van der Waals surface area contributed by atoms with Gasteiger partial charge in [-0.1, -0.05) is 18.6 Å². The molecule has 0 radical (unpaired) electrons. The van der Waals surface area contributed by atoms with Crippen LogP contribution in [0.5, 0.6) is 0 Å². The summed E-state index contributed by atoms with van der Waals surface area (Å²) in [5.41, 5.74) is 1.28. The number of nitrogens with zero attached hydrogens (tertiary/aromatic N) is 2. The fourth-order valence-electron chi connectivity index (χ4n) is 3.33. The molecule has 1 aliphatic heterocycles. The van der Waals surface area contributed by atoms with Gasteiger partial charge in [-0.3, -0.25) is 9.89 Å². The second-order valence-electron chi connectivity index (χ2n) is 6.71. The van der Waals surface area contributed by atoms with Gasteiger partial charge in [-0.2, -0.15) is 5.10 Å². The Morgan fingerprint density at radius 3 is 3.08 bits per heavy atom. The molecule has 2 heterocycles. The molecule has 1 saturated heterocycles. The van der Waals surface area contributed by atoms with E-state index in [1.54, 1.807) is 18.2 Å². The molecule has 1 atom stereocenters. The van der Waals surface area contributed by atoms with Crippen LogP contribution in [0.2, 0.25) is 0 Å². The summed E-state index contributed by atoms with van der Waals surface area (Å²) < 4.78 is 13.3. The van der Waals surface area contributed by atoms with E-state index in [9.17, 15) is 9.18 Å². The number of anilines is 1. The standard InChI is InChI=1S/C19H25FN4O/c1-14-6-2-3-10-24(14)11-5-9-19(25)21-18-13-17(22-23-18)15-7-4-8-16(20)12-15/h4,7-8,12-14H,2-3,5-6,9-11H2,1H3,(H2,21,22,23,25)/t14-/m0/s1. The molecule has 0 bridgehead atoms. The first-order valence-corrected chi connectivity index (χ1v) is 8.97. The molecular formula is C19H25FN4O. The Balaban J connectivity index is 1.47. The lowest BCUT2D eigenvalue weighted by atomic mass is 10.0. The van der Waals surface area contributed by atoms with Crippen LogP contribution in [0, 0.1) is 5.82 Å². The van der Waals surface area contributed by atoms with Gasteiger partial charge in [-0.25, -0.2) is 4.39 Å². The lowest BCUT2D eigenvalue weighted by Crippen LogP contribution is -2.38. The second kappa shape index (κ2) is 8.25. The smallest absolute Gasteiger partial charge is 0.225 e. The summed E-state index contributed by atoms with van der Waals surface area (Å²) >= 11 is 0. The highest BCUT2D eigenvalue weighted by molar-refractivity contribution is 5.90. The van der Waals surface area contributed by atoms with Crippen molar-refractivity contribution < 1.29 is 9.18 Å². The maximum Gasteiger partial charge on any atom is 0.225 e. The quantitative estimate of drug-likeness (QED) is 0.838. The van der Waals surface area contributed by atoms with Crippen molar-refractivity contribution in [1.29, 1.82) is 0 Å². The van der Waals surface area contributed by atoms with Crippen LogP contribution in [0.15, 0.2) is 30.3 Å². The molecule has 0 saturated carbocycles. The lowest BCUT2D eigenvalue weighted by molar-refractivity contribution is -0.116. The first-order valence-electron chi connectivity index (χ1n) is 8.97. The lowest BCUT2D eigenvalue weighted by Gasteiger charge is -2.33. The number of piperidine rings is 1. The van der Waals surface area contributed by atoms with E-state index in [-0.39, 0.29) is 11.7 Å². The molecule has 3 rings (SSSR count). The fraction of sp³-hybridized carbons (Fsp3) is 0.474. The number of likely N-dealkylation sites (tertiary alicyclic amines) is 1. The Morgan fingerprint density at radius 2 is 2.28 bits per heavy atom. The second-order valence-corrected chi connectivity index (χ2v) is 6.71.